The van der Waals surface area contributed by atoms with Crippen molar-refractivity contribution in [2.75, 3.05) is 13.1 Å². The van der Waals surface area contributed by atoms with Crippen LogP contribution in [-0.2, 0) is 4.79 Å². The first-order valence-electron chi connectivity index (χ1n) is 4.70. The van der Waals surface area contributed by atoms with Gasteiger partial charge in [-0.05, 0) is 6.42 Å². The molecule has 0 bridgehead atoms. The molecule has 1 saturated heterocycles. The Labute approximate surface area is 90.4 Å². The minimum Gasteiger partial charge on any atom is -0.480 e. The van der Waals surface area contributed by atoms with Gasteiger partial charge in [-0.25, -0.2) is 0 Å². The molecule has 1 fully saturated rings. The third-order valence-corrected chi connectivity index (χ3v) is 2.65. The molecule has 8 nitrogen and oxygen atoms in total. The molecule has 1 aliphatic rings. The minimum atomic E-state index is -1.35. The number of nitrogens with zero attached hydrogens (tertiary/aromatic N) is 3. The van der Waals surface area contributed by atoms with Crippen molar-refractivity contribution in [3.63, 3.8) is 0 Å². The number of carboxylic acids is 1. The molecule has 2 heterocycles. The predicted molar refractivity (Wildman–Crippen MR) is 51.5 cm³/mol. The number of hydrogen-bond acceptors (Lipinski definition) is 5. The number of carboxylic acid groups (broad SMARTS) is 1. The lowest BCUT2D eigenvalue weighted by molar-refractivity contribution is -0.142. The predicted octanol–water partition coefficient (Wildman–Crippen LogP) is -1.57. The summed E-state index contributed by atoms with van der Waals surface area (Å²) in [5.41, 5.74) is 4.46. The number of hydrogen-bond donors (Lipinski definition) is 3. The molecule has 0 aromatic carbocycles. The van der Waals surface area contributed by atoms with Gasteiger partial charge in [0.2, 0.25) is 0 Å². The van der Waals surface area contributed by atoms with Crippen LogP contribution < -0.4 is 5.73 Å². The number of amides is 1. The van der Waals surface area contributed by atoms with Crippen molar-refractivity contribution < 1.29 is 14.7 Å². The number of carbonyl (C=O) groups excluding carboxylic acids is 1. The summed E-state index contributed by atoms with van der Waals surface area (Å²) in [5.74, 6) is -1.45. The van der Waals surface area contributed by atoms with Crippen LogP contribution in [0.3, 0.4) is 0 Å². The zero-order valence-corrected chi connectivity index (χ0v) is 8.38. The second-order valence-corrected chi connectivity index (χ2v) is 3.79. The molecular formula is C8H11N5O3. The van der Waals surface area contributed by atoms with Gasteiger partial charge in [-0.1, -0.05) is 0 Å². The molecule has 1 aromatic heterocycles. The molecule has 0 saturated carbocycles. The molecule has 1 aliphatic heterocycles. The molecule has 0 aliphatic carbocycles. The van der Waals surface area contributed by atoms with E-state index < -0.39 is 11.5 Å². The Kier molecular flexibility index (Phi) is 2.35. The SMILES string of the molecule is NC1(C(=O)O)CCN(C(=O)c2cn[nH]n2)C1. The number of carbonyl (C=O) groups is 2. The van der Waals surface area contributed by atoms with Crippen LogP contribution in [-0.4, -0.2) is 55.9 Å². The Bertz CT molecular complexity index is 417. The molecule has 1 atom stereocenters. The summed E-state index contributed by atoms with van der Waals surface area (Å²) in [7, 11) is 0. The largest absolute Gasteiger partial charge is 0.480 e. The van der Waals surface area contributed by atoms with Crippen LogP contribution in [0.5, 0.6) is 0 Å². The van der Waals surface area contributed by atoms with E-state index in [1.165, 1.54) is 11.1 Å². The Morgan fingerprint density at radius 3 is 2.88 bits per heavy atom. The van der Waals surface area contributed by atoms with Gasteiger partial charge in [0.15, 0.2) is 5.69 Å². The lowest BCUT2D eigenvalue weighted by Gasteiger charge is -2.19. The van der Waals surface area contributed by atoms with E-state index in [-0.39, 0.29) is 24.6 Å². The molecular weight excluding hydrogens is 214 g/mol. The Morgan fingerprint density at radius 1 is 1.62 bits per heavy atom. The highest BCUT2D eigenvalue weighted by atomic mass is 16.4. The number of nitrogens with two attached hydrogens (primary N) is 1. The zero-order valence-electron chi connectivity index (χ0n) is 8.38. The summed E-state index contributed by atoms with van der Waals surface area (Å²) >= 11 is 0. The second kappa shape index (κ2) is 3.56. The van der Waals surface area contributed by atoms with Crippen molar-refractivity contribution in [2.24, 2.45) is 5.73 Å². The number of rotatable bonds is 2. The summed E-state index contributed by atoms with van der Waals surface area (Å²) in [6, 6.07) is 0. The highest BCUT2D eigenvalue weighted by molar-refractivity contribution is 5.93. The average molecular weight is 225 g/mol. The smallest absolute Gasteiger partial charge is 0.325 e. The first-order chi connectivity index (χ1) is 7.53. The number of nitrogens with one attached hydrogen (secondary N) is 1. The van der Waals surface area contributed by atoms with Gasteiger partial charge >= 0.3 is 5.97 Å². The fourth-order valence-electron chi connectivity index (χ4n) is 1.65. The maximum atomic E-state index is 11.8. The van der Waals surface area contributed by atoms with Crippen LogP contribution in [0, 0.1) is 0 Å². The van der Waals surface area contributed by atoms with Crippen molar-refractivity contribution in [1.29, 1.82) is 0 Å². The molecule has 8 heteroatoms. The molecule has 1 amide bonds. The monoisotopic (exact) mass is 225 g/mol. The maximum absolute atomic E-state index is 11.8. The van der Waals surface area contributed by atoms with E-state index in [9.17, 15) is 9.59 Å². The third kappa shape index (κ3) is 1.63. The Morgan fingerprint density at radius 2 is 2.38 bits per heavy atom. The molecule has 16 heavy (non-hydrogen) atoms. The van der Waals surface area contributed by atoms with E-state index in [0.717, 1.165) is 0 Å². The third-order valence-electron chi connectivity index (χ3n) is 2.65. The van der Waals surface area contributed by atoms with E-state index in [2.05, 4.69) is 15.4 Å². The van der Waals surface area contributed by atoms with Crippen LogP contribution in [0.15, 0.2) is 6.20 Å². The number of aromatic amines is 1. The second-order valence-electron chi connectivity index (χ2n) is 3.79. The van der Waals surface area contributed by atoms with Gasteiger partial charge in [-0.3, -0.25) is 9.59 Å². The van der Waals surface area contributed by atoms with E-state index in [4.69, 9.17) is 10.8 Å². The lowest BCUT2D eigenvalue weighted by atomic mass is 10.0. The number of H-pyrrole nitrogens is 1. The van der Waals surface area contributed by atoms with Gasteiger partial charge in [-0.2, -0.15) is 15.4 Å². The van der Waals surface area contributed by atoms with Crippen molar-refractivity contribution in [1.82, 2.24) is 20.3 Å². The van der Waals surface area contributed by atoms with Crippen LogP contribution >= 0.6 is 0 Å². The quantitative estimate of drug-likeness (QED) is 0.558. The van der Waals surface area contributed by atoms with Crippen molar-refractivity contribution >= 4 is 11.9 Å². The molecule has 4 N–H and O–H groups in total. The highest BCUT2D eigenvalue weighted by Gasteiger charge is 2.43. The number of likely N-dealkylation sites (tertiary alicyclic amines) is 1. The van der Waals surface area contributed by atoms with Crippen LogP contribution in [0.2, 0.25) is 0 Å². The van der Waals surface area contributed by atoms with Gasteiger partial charge in [-0.15, -0.1) is 0 Å². The normalized spacial score (nSPS) is 24.7. The molecule has 2 rings (SSSR count). The molecule has 0 spiro atoms. The van der Waals surface area contributed by atoms with Crippen LogP contribution in [0.4, 0.5) is 0 Å². The molecule has 1 aromatic rings. The first-order valence-corrected chi connectivity index (χ1v) is 4.70. The lowest BCUT2D eigenvalue weighted by Crippen LogP contribution is -2.50. The number of aromatic nitrogens is 3. The van der Waals surface area contributed by atoms with E-state index >= 15 is 0 Å². The first kappa shape index (κ1) is 10.6. The summed E-state index contributed by atoms with van der Waals surface area (Å²) < 4.78 is 0. The van der Waals surface area contributed by atoms with Gasteiger partial charge in [0.05, 0.1) is 6.20 Å². The summed E-state index contributed by atoms with van der Waals surface area (Å²) in [4.78, 5) is 24.0. The maximum Gasteiger partial charge on any atom is 0.325 e. The average Bonchev–Trinajstić information content (AvgIpc) is 2.85. The van der Waals surface area contributed by atoms with Gasteiger partial charge in [0, 0.05) is 13.1 Å². The zero-order chi connectivity index (χ0) is 11.8. The van der Waals surface area contributed by atoms with Crippen molar-refractivity contribution in [3.05, 3.63) is 11.9 Å². The molecule has 1 unspecified atom stereocenters. The number of aliphatic carboxylic acids is 1. The van der Waals surface area contributed by atoms with Crippen molar-refractivity contribution in [2.45, 2.75) is 12.0 Å². The summed E-state index contributed by atoms with van der Waals surface area (Å²) in [6.45, 7) is 0.308. The summed E-state index contributed by atoms with van der Waals surface area (Å²) in [6.07, 6.45) is 1.53. The Hall–Kier alpha value is -1.96. The molecule has 0 radical (unpaired) electrons. The van der Waals surface area contributed by atoms with Gasteiger partial charge < -0.3 is 15.7 Å². The fraction of sp³-hybridized carbons (Fsp3) is 0.500. The topological polar surface area (TPSA) is 125 Å². The van der Waals surface area contributed by atoms with Crippen LogP contribution in [0.25, 0.3) is 0 Å². The Balaban J connectivity index is 2.10. The standard InChI is InChI=1S/C8H11N5O3/c9-8(7(15)16)1-2-13(4-8)6(14)5-3-10-12-11-5/h3H,1-2,4,9H2,(H,15,16)(H,10,11,12). The van der Waals surface area contributed by atoms with Gasteiger partial charge in [0.25, 0.3) is 5.91 Å². The van der Waals surface area contributed by atoms with Gasteiger partial charge in [0.1, 0.15) is 5.54 Å². The molecule has 86 valence electrons. The van der Waals surface area contributed by atoms with E-state index in [1.54, 1.807) is 0 Å². The van der Waals surface area contributed by atoms with E-state index in [0.29, 0.717) is 6.54 Å². The van der Waals surface area contributed by atoms with Crippen molar-refractivity contribution in [3.8, 4) is 0 Å². The van der Waals surface area contributed by atoms with Crippen LogP contribution in [0.1, 0.15) is 16.9 Å². The highest BCUT2D eigenvalue weighted by Crippen LogP contribution is 2.20. The fourth-order valence-corrected chi connectivity index (χ4v) is 1.65. The summed E-state index contributed by atoms with van der Waals surface area (Å²) in [5, 5.41) is 18.4. The van der Waals surface area contributed by atoms with E-state index in [1.807, 2.05) is 0 Å². The minimum absolute atomic E-state index is 0.00593.